The van der Waals surface area contributed by atoms with E-state index in [-0.39, 0.29) is 5.69 Å². The fraction of sp³-hybridized carbons (Fsp3) is 0.211. The molecule has 25 heavy (non-hydrogen) atoms. The van der Waals surface area contributed by atoms with Crippen molar-refractivity contribution in [3.63, 3.8) is 0 Å². The molecule has 128 valence electrons. The highest BCUT2D eigenvalue weighted by Crippen LogP contribution is 2.31. The van der Waals surface area contributed by atoms with Crippen LogP contribution in [0.15, 0.2) is 54.7 Å². The molecule has 0 aliphatic rings. The van der Waals surface area contributed by atoms with E-state index in [4.69, 9.17) is 9.47 Å². The van der Waals surface area contributed by atoms with E-state index in [1.807, 2.05) is 18.2 Å². The van der Waals surface area contributed by atoms with Gasteiger partial charge in [-0.2, -0.15) is 0 Å². The number of ether oxygens (including phenoxy) is 2. The molecule has 0 radical (unpaired) electrons. The first-order chi connectivity index (χ1) is 12.0. The predicted molar refractivity (Wildman–Crippen MR) is 95.2 cm³/mol. The lowest BCUT2D eigenvalue weighted by Gasteiger charge is -2.11. The van der Waals surface area contributed by atoms with E-state index in [1.165, 1.54) is 12.1 Å². The van der Waals surface area contributed by atoms with Gasteiger partial charge in [0.05, 0.1) is 17.0 Å². The first-order valence-corrected chi connectivity index (χ1v) is 7.97. The van der Waals surface area contributed by atoms with E-state index < -0.39 is 4.92 Å². The number of fused-ring (bicyclic) bond motifs is 1. The Morgan fingerprint density at radius 1 is 1.08 bits per heavy atom. The Morgan fingerprint density at radius 2 is 1.80 bits per heavy atom. The third kappa shape index (κ3) is 4.03. The summed E-state index contributed by atoms with van der Waals surface area (Å²) >= 11 is 0. The zero-order valence-electron chi connectivity index (χ0n) is 14.0. The summed E-state index contributed by atoms with van der Waals surface area (Å²) in [6.45, 7) is 4.83. The summed E-state index contributed by atoms with van der Waals surface area (Å²) in [6.07, 6.45) is 1.66. The molecule has 2 aromatic carbocycles. The van der Waals surface area contributed by atoms with Gasteiger partial charge >= 0.3 is 0 Å². The Morgan fingerprint density at radius 3 is 2.48 bits per heavy atom. The van der Waals surface area contributed by atoms with Gasteiger partial charge in [-0.3, -0.25) is 15.1 Å². The van der Waals surface area contributed by atoms with Gasteiger partial charge < -0.3 is 9.47 Å². The molecular formula is C19H18N2O4. The molecular weight excluding hydrogens is 320 g/mol. The average Bonchev–Trinajstić information content (AvgIpc) is 2.60. The van der Waals surface area contributed by atoms with Crippen molar-refractivity contribution < 1.29 is 14.4 Å². The maximum absolute atomic E-state index is 10.7. The quantitative estimate of drug-likeness (QED) is 0.468. The molecule has 0 spiro atoms. The molecule has 0 saturated heterocycles. The van der Waals surface area contributed by atoms with E-state index >= 15 is 0 Å². The fourth-order valence-corrected chi connectivity index (χ4v) is 2.31. The minimum Gasteiger partial charge on any atom is -0.493 e. The molecule has 0 aliphatic carbocycles. The van der Waals surface area contributed by atoms with Crippen LogP contribution in [0.3, 0.4) is 0 Å². The highest BCUT2D eigenvalue weighted by molar-refractivity contribution is 5.86. The maximum atomic E-state index is 10.7. The van der Waals surface area contributed by atoms with Crippen molar-refractivity contribution in [3.8, 4) is 17.2 Å². The second-order valence-corrected chi connectivity index (χ2v) is 6.05. The monoisotopic (exact) mass is 338 g/mol. The number of non-ortho nitro benzene ring substituents is 1. The molecule has 1 heterocycles. The summed E-state index contributed by atoms with van der Waals surface area (Å²) in [5, 5.41) is 11.6. The van der Waals surface area contributed by atoms with Crippen LogP contribution in [0, 0.1) is 16.0 Å². The first kappa shape index (κ1) is 16.7. The highest BCUT2D eigenvalue weighted by Gasteiger charge is 2.09. The van der Waals surface area contributed by atoms with Crippen molar-refractivity contribution in [2.75, 3.05) is 6.61 Å². The smallest absolute Gasteiger partial charge is 0.269 e. The molecule has 0 N–H and O–H groups in total. The number of benzene rings is 2. The van der Waals surface area contributed by atoms with E-state index in [0.29, 0.717) is 24.0 Å². The van der Waals surface area contributed by atoms with Crippen LogP contribution in [0.2, 0.25) is 0 Å². The van der Waals surface area contributed by atoms with E-state index in [9.17, 15) is 10.1 Å². The van der Waals surface area contributed by atoms with E-state index in [0.717, 1.165) is 16.7 Å². The number of hydrogen-bond donors (Lipinski definition) is 0. The molecule has 0 aliphatic heterocycles. The van der Waals surface area contributed by atoms with Crippen molar-refractivity contribution in [2.45, 2.75) is 13.8 Å². The molecule has 0 unspecified atom stereocenters. The van der Waals surface area contributed by atoms with Gasteiger partial charge in [-0.15, -0.1) is 0 Å². The Labute approximate surface area is 145 Å². The predicted octanol–water partition coefficient (Wildman–Crippen LogP) is 4.97. The van der Waals surface area contributed by atoms with Crippen molar-refractivity contribution in [2.24, 2.45) is 5.92 Å². The van der Waals surface area contributed by atoms with Crippen molar-refractivity contribution in [1.29, 1.82) is 0 Å². The number of hydrogen-bond acceptors (Lipinski definition) is 5. The number of nitro benzene ring substituents is 1. The van der Waals surface area contributed by atoms with Gasteiger partial charge in [0, 0.05) is 29.8 Å². The van der Waals surface area contributed by atoms with Gasteiger partial charge in [-0.25, -0.2) is 0 Å². The number of nitrogens with zero attached hydrogens (tertiary/aromatic N) is 2. The van der Waals surface area contributed by atoms with Crippen LogP contribution < -0.4 is 9.47 Å². The summed E-state index contributed by atoms with van der Waals surface area (Å²) in [5.74, 6) is 2.37. The zero-order valence-corrected chi connectivity index (χ0v) is 14.0. The SMILES string of the molecule is CC(C)COc1ccc2c(Oc3ccc([N+](=O)[O-])cc3)ccnc2c1. The summed E-state index contributed by atoms with van der Waals surface area (Å²) in [4.78, 5) is 14.6. The van der Waals surface area contributed by atoms with Crippen LogP contribution in [0.25, 0.3) is 10.9 Å². The third-order valence-corrected chi connectivity index (χ3v) is 3.53. The van der Waals surface area contributed by atoms with Crippen molar-refractivity contribution in [1.82, 2.24) is 4.98 Å². The van der Waals surface area contributed by atoms with Gasteiger partial charge in [-0.05, 0) is 36.2 Å². The van der Waals surface area contributed by atoms with Gasteiger partial charge in [0.25, 0.3) is 5.69 Å². The van der Waals surface area contributed by atoms with Crippen LogP contribution in [-0.2, 0) is 0 Å². The lowest BCUT2D eigenvalue weighted by molar-refractivity contribution is -0.384. The van der Waals surface area contributed by atoms with Crippen molar-refractivity contribution in [3.05, 3.63) is 64.8 Å². The van der Waals surface area contributed by atoms with Gasteiger partial charge in [0.2, 0.25) is 0 Å². The second-order valence-electron chi connectivity index (χ2n) is 6.05. The minimum absolute atomic E-state index is 0.0267. The minimum atomic E-state index is -0.440. The molecule has 0 amide bonds. The van der Waals surface area contributed by atoms with Crippen LogP contribution >= 0.6 is 0 Å². The first-order valence-electron chi connectivity index (χ1n) is 7.97. The maximum Gasteiger partial charge on any atom is 0.269 e. The van der Waals surface area contributed by atoms with Gasteiger partial charge in [0.1, 0.15) is 17.2 Å². The molecule has 6 heteroatoms. The van der Waals surface area contributed by atoms with Crippen LogP contribution in [0.4, 0.5) is 5.69 Å². The molecule has 3 aromatic rings. The second kappa shape index (κ2) is 7.17. The van der Waals surface area contributed by atoms with Crippen LogP contribution in [-0.4, -0.2) is 16.5 Å². The summed E-state index contributed by atoms with van der Waals surface area (Å²) in [6, 6.07) is 13.4. The highest BCUT2D eigenvalue weighted by atomic mass is 16.6. The number of aromatic nitrogens is 1. The summed E-state index contributed by atoms with van der Waals surface area (Å²) in [7, 11) is 0. The molecule has 1 aromatic heterocycles. The molecule has 3 rings (SSSR count). The Bertz CT molecular complexity index is 892. The Hall–Kier alpha value is -3.15. The molecule has 0 atom stereocenters. The van der Waals surface area contributed by atoms with E-state index in [1.54, 1.807) is 24.4 Å². The summed E-state index contributed by atoms with van der Waals surface area (Å²) in [5.41, 5.74) is 0.791. The summed E-state index contributed by atoms with van der Waals surface area (Å²) < 4.78 is 11.6. The molecule has 6 nitrogen and oxygen atoms in total. The molecule has 0 bridgehead atoms. The lowest BCUT2D eigenvalue weighted by atomic mass is 10.2. The van der Waals surface area contributed by atoms with Gasteiger partial charge in [0.15, 0.2) is 0 Å². The standard InChI is InChI=1S/C19H18N2O4/c1-13(2)12-24-16-7-8-17-18(11-16)20-10-9-19(17)25-15-5-3-14(4-6-15)21(22)23/h3-11,13H,12H2,1-2H3. The Kier molecular flexibility index (Phi) is 4.79. The topological polar surface area (TPSA) is 74.5 Å². The van der Waals surface area contributed by atoms with Crippen molar-refractivity contribution >= 4 is 16.6 Å². The van der Waals surface area contributed by atoms with E-state index in [2.05, 4.69) is 18.8 Å². The van der Waals surface area contributed by atoms with Crippen LogP contribution in [0.1, 0.15) is 13.8 Å². The van der Waals surface area contributed by atoms with Gasteiger partial charge in [-0.1, -0.05) is 13.8 Å². The zero-order chi connectivity index (χ0) is 17.8. The molecule has 0 saturated carbocycles. The average molecular weight is 338 g/mol. The number of pyridine rings is 1. The number of nitro groups is 1. The number of rotatable bonds is 6. The molecule has 0 fully saturated rings. The lowest BCUT2D eigenvalue weighted by Crippen LogP contribution is -2.04. The van der Waals surface area contributed by atoms with Crippen LogP contribution in [0.5, 0.6) is 17.2 Å². The fourth-order valence-electron chi connectivity index (χ4n) is 2.31. The Balaban J connectivity index is 1.85. The third-order valence-electron chi connectivity index (χ3n) is 3.53. The largest absolute Gasteiger partial charge is 0.493 e. The normalized spacial score (nSPS) is 10.8.